The first-order chi connectivity index (χ1) is 11.5. The molecular weight excluding hydrogens is 331 g/mol. The maximum atomic E-state index is 13.5. The largest absolute Gasteiger partial charge is 0.495 e. The summed E-state index contributed by atoms with van der Waals surface area (Å²) < 4.78 is 18.7. The van der Waals surface area contributed by atoms with E-state index in [0.717, 1.165) is 11.8 Å². The third-order valence-electron chi connectivity index (χ3n) is 2.99. The number of hydrogen-bond donors (Lipinski definition) is 2. The average Bonchev–Trinajstić information content (AvgIpc) is 2.54. The number of halogens is 1. The van der Waals surface area contributed by atoms with Crippen LogP contribution in [0.3, 0.4) is 0 Å². The summed E-state index contributed by atoms with van der Waals surface area (Å²) in [5.74, 6) is -0.312. The second-order valence-electron chi connectivity index (χ2n) is 4.86. The molecule has 2 N–H and O–H groups in total. The highest BCUT2D eigenvalue weighted by atomic mass is 32.2. The summed E-state index contributed by atoms with van der Waals surface area (Å²) in [6, 6.07) is 11.2. The van der Waals surface area contributed by atoms with Gasteiger partial charge in [0.1, 0.15) is 11.6 Å². The monoisotopic (exact) mass is 348 g/mol. The normalized spacial score (nSPS) is 10.1. The van der Waals surface area contributed by atoms with E-state index in [0.29, 0.717) is 22.0 Å². The summed E-state index contributed by atoms with van der Waals surface area (Å²) in [6.07, 6.45) is 0. The van der Waals surface area contributed by atoms with E-state index in [1.165, 1.54) is 20.1 Å². The number of rotatable bonds is 6. The van der Waals surface area contributed by atoms with E-state index in [2.05, 4.69) is 10.6 Å². The molecule has 7 heteroatoms. The van der Waals surface area contributed by atoms with Crippen LogP contribution in [0.25, 0.3) is 0 Å². The van der Waals surface area contributed by atoms with E-state index in [4.69, 9.17) is 4.74 Å². The molecule has 0 saturated heterocycles. The van der Waals surface area contributed by atoms with Crippen LogP contribution in [-0.2, 0) is 9.59 Å². The highest BCUT2D eigenvalue weighted by Crippen LogP contribution is 2.28. The fourth-order valence-corrected chi connectivity index (χ4v) is 2.71. The van der Waals surface area contributed by atoms with Crippen LogP contribution in [0, 0.1) is 5.82 Å². The molecule has 0 spiro atoms. The third-order valence-corrected chi connectivity index (χ3v) is 4.04. The zero-order valence-electron chi connectivity index (χ0n) is 13.3. The molecular formula is C17H17FN2O3S. The van der Waals surface area contributed by atoms with Crippen molar-refractivity contribution in [3.8, 4) is 5.75 Å². The van der Waals surface area contributed by atoms with Gasteiger partial charge in [-0.2, -0.15) is 0 Å². The highest BCUT2D eigenvalue weighted by Gasteiger charge is 2.10. The molecule has 126 valence electrons. The predicted molar refractivity (Wildman–Crippen MR) is 93.1 cm³/mol. The summed E-state index contributed by atoms with van der Waals surface area (Å²) in [5, 5.41) is 5.34. The first-order valence-electron chi connectivity index (χ1n) is 7.12. The zero-order chi connectivity index (χ0) is 17.5. The Balaban J connectivity index is 2.01. The first-order valence-corrected chi connectivity index (χ1v) is 8.11. The second kappa shape index (κ2) is 8.35. The van der Waals surface area contributed by atoms with E-state index in [9.17, 15) is 14.0 Å². The molecule has 0 aliphatic carbocycles. The molecule has 0 fully saturated rings. The topological polar surface area (TPSA) is 67.4 Å². The van der Waals surface area contributed by atoms with Crippen molar-refractivity contribution < 1.29 is 18.7 Å². The molecule has 0 bridgehead atoms. The Hall–Kier alpha value is -2.54. The summed E-state index contributed by atoms with van der Waals surface area (Å²) >= 11 is 1.12. The Morgan fingerprint density at radius 1 is 1.17 bits per heavy atom. The Labute approximate surface area is 143 Å². The minimum atomic E-state index is -0.354. The van der Waals surface area contributed by atoms with Crippen LogP contribution in [0.15, 0.2) is 47.4 Å². The van der Waals surface area contributed by atoms with Crippen molar-refractivity contribution in [3.63, 3.8) is 0 Å². The van der Waals surface area contributed by atoms with Gasteiger partial charge >= 0.3 is 0 Å². The van der Waals surface area contributed by atoms with Gasteiger partial charge in [-0.25, -0.2) is 4.39 Å². The molecule has 0 saturated carbocycles. The van der Waals surface area contributed by atoms with E-state index < -0.39 is 0 Å². The fraction of sp³-hybridized carbons (Fsp3) is 0.176. The number of methoxy groups -OCH3 is 1. The summed E-state index contributed by atoms with van der Waals surface area (Å²) in [6.45, 7) is 1.38. The number of anilines is 2. The van der Waals surface area contributed by atoms with Crippen molar-refractivity contribution in [1.82, 2.24) is 0 Å². The molecule has 2 aromatic carbocycles. The predicted octanol–water partition coefficient (Wildman–Crippen LogP) is 3.52. The molecule has 2 aromatic rings. The Morgan fingerprint density at radius 3 is 2.58 bits per heavy atom. The lowest BCUT2D eigenvalue weighted by molar-refractivity contribution is -0.114. The van der Waals surface area contributed by atoms with Crippen LogP contribution in [-0.4, -0.2) is 24.7 Å². The molecule has 0 aromatic heterocycles. The Kier molecular flexibility index (Phi) is 6.20. The maximum Gasteiger partial charge on any atom is 0.234 e. The van der Waals surface area contributed by atoms with E-state index in [-0.39, 0.29) is 23.4 Å². The summed E-state index contributed by atoms with van der Waals surface area (Å²) in [7, 11) is 1.49. The fourth-order valence-electron chi connectivity index (χ4n) is 1.98. The smallest absolute Gasteiger partial charge is 0.234 e. The van der Waals surface area contributed by atoms with Gasteiger partial charge in [0, 0.05) is 17.5 Å². The minimum Gasteiger partial charge on any atom is -0.495 e. The number of carbonyl (C=O) groups is 2. The molecule has 0 radical (unpaired) electrons. The molecule has 2 rings (SSSR count). The molecule has 0 aliphatic heterocycles. The Bertz CT molecular complexity index is 752. The number of ether oxygens (including phenoxy) is 1. The summed E-state index contributed by atoms with van der Waals surface area (Å²) in [4.78, 5) is 23.6. The van der Waals surface area contributed by atoms with E-state index >= 15 is 0 Å². The van der Waals surface area contributed by atoms with Crippen molar-refractivity contribution in [2.24, 2.45) is 0 Å². The lowest BCUT2D eigenvalue weighted by Gasteiger charge is -2.12. The SMILES string of the molecule is COc1ccc(NC(=O)CSc2ccccc2F)cc1NC(C)=O. The summed E-state index contributed by atoms with van der Waals surface area (Å²) in [5.41, 5.74) is 0.975. The number of thioether (sulfide) groups is 1. The van der Waals surface area contributed by atoms with Crippen LogP contribution < -0.4 is 15.4 Å². The van der Waals surface area contributed by atoms with E-state index in [1.807, 2.05) is 0 Å². The highest BCUT2D eigenvalue weighted by molar-refractivity contribution is 8.00. The molecule has 0 aliphatic rings. The molecule has 2 amide bonds. The van der Waals surface area contributed by atoms with E-state index in [1.54, 1.807) is 36.4 Å². The van der Waals surface area contributed by atoms with Crippen LogP contribution in [0.2, 0.25) is 0 Å². The van der Waals surface area contributed by atoms with Crippen LogP contribution >= 0.6 is 11.8 Å². The van der Waals surface area contributed by atoms with Gasteiger partial charge in [0.15, 0.2) is 0 Å². The average molecular weight is 348 g/mol. The molecule has 5 nitrogen and oxygen atoms in total. The first kappa shape index (κ1) is 17.8. The van der Waals surface area contributed by atoms with Gasteiger partial charge in [-0.05, 0) is 30.3 Å². The van der Waals surface area contributed by atoms with Crippen molar-refractivity contribution in [1.29, 1.82) is 0 Å². The maximum absolute atomic E-state index is 13.5. The van der Waals surface area contributed by atoms with Gasteiger partial charge in [0.2, 0.25) is 11.8 Å². The van der Waals surface area contributed by atoms with Gasteiger partial charge in [-0.1, -0.05) is 12.1 Å². The lowest BCUT2D eigenvalue weighted by atomic mass is 10.2. The number of hydrogen-bond acceptors (Lipinski definition) is 4. The van der Waals surface area contributed by atoms with Gasteiger partial charge in [0.05, 0.1) is 18.6 Å². The third kappa shape index (κ3) is 4.99. The standard InChI is InChI=1S/C17H17FN2O3S/c1-11(21)19-14-9-12(7-8-15(14)23-2)20-17(22)10-24-16-6-4-3-5-13(16)18/h3-9H,10H2,1-2H3,(H,19,21)(H,20,22). The molecule has 24 heavy (non-hydrogen) atoms. The van der Waals surface area contributed by atoms with Crippen LogP contribution in [0.5, 0.6) is 5.75 Å². The molecule has 0 heterocycles. The van der Waals surface area contributed by atoms with Crippen LogP contribution in [0.4, 0.5) is 15.8 Å². The number of carbonyl (C=O) groups excluding carboxylic acids is 2. The van der Waals surface area contributed by atoms with Gasteiger partial charge in [-0.3, -0.25) is 9.59 Å². The van der Waals surface area contributed by atoms with Gasteiger partial charge in [-0.15, -0.1) is 11.8 Å². The Morgan fingerprint density at radius 2 is 1.92 bits per heavy atom. The minimum absolute atomic E-state index is 0.0719. The second-order valence-corrected chi connectivity index (χ2v) is 5.88. The number of amides is 2. The van der Waals surface area contributed by atoms with Gasteiger partial charge in [0.25, 0.3) is 0 Å². The van der Waals surface area contributed by atoms with Gasteiger partial charge < -0.3 is 15.4 Å². The number of nitrogens with one attached hydrogen (secondary N) is 2. The van der Waals surface area contributed by atoms with Crippen molar-refractivity contribution >= 4 is 35.0 Å². The molecule has 0 atom stereocenters. The van der Waals surface area contributed by atoms with Crippen molar-refractivity contribution in [2.45, 2.75) is 11.8 Å². The van der Waals surface area contributed by atoms with Crippen molar-refractivity contribution in [3.05, 3.63) is 48.3 Å². The quantitative estimate of drug-likeness (QED) is 0.784. The zero-order valence-corrected chi connectivity index (χ0v) is 14.1. The lowest BCUT2D eigenvalue weighted by Crippen LogP contribution is -2.15. The number of benzene rings is 2. The van der Waals surface area contributed by atoms with Crippen molar-refractivity contribution in [2.75, 3.05) is 23.5 Å². The van der Waals surface area contributed by atoms with Crippen LogP contribution in [0.1, 0.15) is 6.92 Å². The molecule has 0 unspecified atom stereocenters.